The number of quaternary nitrogens is 1. The lowest BCUT2D eigenvalue weighted by molar-refractivity contribution is -0.908. The Morgan fingerprint density at radius 1 is 1.07 bits per heavy atom. The Balaban J connectivity index is 1.55. The highest BCUT2D eigenvalue weighted by Gasteiger charge is 2.16. The van der Waals surface area contributed by atoms with Gasteiger partial charge in [-0.15, -0.1) is 0 Å². The number of ether oxygens (including phenoxy) is 3. The van der Waals surface area contributed by atoms with Crippen molar-refractivity contribution in [3.8, 4) is 22.6 Å². The zero-order valence-electron chi connectivity index (χ0n) is 16.8. The first-order valence-electron chi connectivity index (χ1n) is 9.91. The molecule has 3 aromatic rings. The summed E-state index contributed by atoms with van der Waals surface area (Å²) >= 11 is 0. The van der Waals surface area contributed by atoms with E-state index >= 15 is 0 Å². The van der Waals surface area contributed by atoms with E-state index in [4.69, 9.17) is 18.6 Å². The fraction of sp³-hybridized carbons (Fsp3) is 0.348. The molecule has 0 aliphatic carbocycles. The van der Waals surface area contributed by atoms with Gasteiger partial charge in [-0.05, 0) is 36.8 Å². The molecule has 0 amide bonds. The highest BCUT2D eigenvalue weighted by molar-refractivity contribution is 5.85. The van der Waals surface area contributed by atoms with Crippen molar-refractivity contribution in [2.45, 2.75) is 6.92 Å². The van der Waals surface area contributed by atoms with Gasteiger partial charge in [0.05, 0.1) is 31.3 Å². The number of aryl methyl sites for hydroxylation is 1. The van der Waals surface area contributed by atoms with E-state index in [0.717, 1.165) is 55.5 Å². The summed E-state index contributed by atoms with van der Waals surface area (Å²) in [6, 6.07) is 11.0. The molecular formula is C23H26NO5+. The molecule has 29 heavy (non-hydrogen) atoms. The van der Waals surface area contributed by atoms with Crippen LogP contribution in [0.15, 0.2) is 51.9 Å². The summed E-state index contributed by atoms with van der Waals surface area (Å²) in [6.45, 7) is 7.14. The second-order valence-electron chi connectivity index (χ2n) is 7.23. The van der Waals surface area contributed by atoms with Gasteiger partial charge in [0.1, 0.15) is 49.6 Å². The summed E-state index contributed by atoms with van der Waals surface area (Å²) in [5.74, 6) is 1.50. The Hall–Kier alpha value is -2.83. The predicted molar refractivity (Wildman–Crippen MR) is 111 cm³/mol. The number of methoxy groups -OCH3 is 1. The molecule has 2 aromatic carbocycles. The first-order chi connectivity index (χ1) is 14.2. The highest BCUT2D eigenvalue weighted by Crippen LogP contribution is 2.28. The van der Waals surface area contributed by atoms with Crippen LogP contribution >= 0.6 is 0 Å². The lowest BCUT2D eigenvalue weighted by Gasteiger charge is -2.23. The first kappa shape index (κ1) is 19.5. The molecule has 6 nitrogen and oxygen atoms in total. The molecule has 4 rings (SSSR count). The molecule has 0 unspecified atom stereocenters. The third kappa shape index (κ3) is 4.13. The van der Waals surface area contributed by atoms with Crippen LogP contribution in [-0.2, 0) is 4.74 Å². The smallest absolute Gasteiger partial charge is 0.200 e. The van der Waals surface area contributed by atoms with Crippen LogP contribution in [0.3, 0.4) is 0 Å². The molecule has 0 radical (unpaired) electrons. The highest BCUT2D eigenvalue weighted by atomic mass is 16.5. The van der Waals surface area contributed by atoms with Crippen molar-refractivity contribution in [1.29, 1.82) is 0 Å². The number of rotatable bonds is 6. The Bertz CT molecular complexity index is 1040. The number of benzene rings is 2. The van der Waals surface area contributed by atoms with Gasteiger partial charge in [-0.25, -0.2) is 0 Å². The predicted octanol–water partition coefficient (Wildman–Crippen LogP) is 2.07. The first-order valence-corrected chi connectivity index (χ1v) is 9.91. The molecule has 0 saturated carbocycles. The SMILES string of the molecule is COc1ccc(-c2coc3c(C)c(OCC[NH+]4CCOCC4)ccc3c2=O)cc1. The molecule has 1 saturated heterocycles. The molecule has 1 aliphatic heterocycles. The minimum Gasteiger partial charge on any atom is -0.497 e. The van der Waals surface area contributed by atoms with Crippen LogP contribution in [0.1, 0.15) is 5.56 Å². The van der Waals surface area contributed by atoms with Crippen LogP contribution in [-0.4, -0.2) is 46.6 Å². The van der Waals surface area contributed by atoms with Crippen molar-refractivity contribution in [3.63, 3.8) is 0 Å². The monoisotopic (exact) mass is 396 g/mol. The van der Waals surface area contributed by atoms with Gasteiger partial charge >= 0.3 is 0 Å². The van der Waals surface area contributed by atoms with Crippen molar-refractivity contribution in [2.75, 3.05) is 46.6 Å². The molecule has 1 aromatic heterocycles. The summed E-state index contributed by atoms with van der Waals surface area (Å²) in [5.41, 5.74) is 2.70. The number of morpholine rings is 1. The van der Waals surface area contributed by atoms with Crippen molar-refractivity contribution < 1.29 is 23.5 Å². The Morgan fingerprint density at radius 3 is 2.55 bits per heavy atom. The van der Waals surface area contributed by atoms with Gasteiger partial charge in [-0.1, -0.05) is 12.1 Å². The lowest BCUT2D eigenvalue weighted by Crippen LogP contribution is -3.14. The quantitative estimate of drug-likeness (QED) is 0.691. The maximum absolute atomic E-state index is 13.0. The van der Waals surface area contributed by atoms with Crippen LogP contribution in [0.4, 0.5) is 0 Å². The summed E-state index contributed by atoms with van der Waals surface area (Å²) in [5, 5.41) is 0.557. The molecule has 0 bridgehead atoms. The van der Waals surface area contributed by atoms with Gasteiger partial charge in [0.25, 0.3) is 0 Å². The average Bonchev–Trinajstić information content (AvgIpc) is 2.77. The van der Waals surface area contributed by atoms with Crippen LogP contribution in [0.2, 0.25) is 0 Å². The molecule has 6 heteroatoms. The molecule has 2 heterocycles. The molecule has 1 fully saturated rings. The Kier molecular flexibility index (Phi) is 5.83. The van der Waals surface area contributed by atoms with E-state index in [1.54, 1.807) is 13.2 Å². The molecule has 1 N–H and O–H groups in total. The Labute approximate surface area is 169 Å². The van der Waals surface area contributed by atoms with Gasteiger partial charge in [-0.3, -0.25) is 4.79 Å². The van der Waals surface area contributed by atoms with E-state index in [-0.39, 0.29) is 5.43 Å². The summed E-state index contributed by atoms with van der Waals surface area (Å²) in [7, 11) is 1.62. The van der Waals surface area contributed by atoms with Gasteiger partial charge < -0.3 is 23.5 Å². The van der Waals surface area contributed by atoms with Gasteiger partial charge in [-0.2, -0.15) is 0 Å². The van der Waals surface area contributed by atoms with Crippen molar-refractivity contribution in [3.05, 3.63) is 58.4 Å². The lowest BCUT2D eigenvalue weighted by atomic mass is 10.0. The fourth-order valence-corrected chi connectivity index (χ4v) is 3.66. The van der Waals surface area contributed by atoms with E-state index in [9.17, 15) is 4.79 Å². The van der Waals surface area contributed by atoms with Gasteiger partial charge in [0.2, 0.25) is 5.43 Å². The van der Waals surface area contributed by atoms with Gasteiger partial charge in [0.15, 0.2) is 0 Å². The van der Waals surface area contributed by atoms with Crippen molar-refractivity contribution >= 4 is 11.0 Å². The summed E-state index contributed by atoms with van der Waals surface area (Å²) in [6.07, 6.45) is 1.53. The maximum atomic E-state index is 13.0. The maximum Gasteiger partial charge on any atom is 0.200 e. The van der Waals surface area contributed by atoms with Crippen LogP contribution in [0.5, 0.6) is 11.5 Å². The molecule has 0 atom stereocenters. The van der Waals surface area contributed by atoms with Gasteiger partial charge in [0, 0.05) is 5.56 Å². The van der Waals surface area contributed by atoms with E-state index in [1.165, 1.54) is 11.2 Å². The van der Waals surface area contributed by atoms with E-state index in [1.807, 2.05) is 37.3 Å². The van der Waals surface area contributed by atoms with Crippen LogP contribution < -0.4 is 19.8 Å². The number of fused-ring (bicyclic) bond motifs is 1. The number of hydrogen-bond donors (Lipinski definition) is 1. The minimum absolute atomic E-state index is 0.0520. The number of hydrogen-bond acceptors (Lipinski definition) is 5. The average molecular weight is 396 g/mol. The van der Waals surface area contributed by atoms with Crippen LogP contribution in [0.25, 0.3) is 22.1 Å². The fourth-order valence-electron chi connectivity index (χ4n) is 3.66. The topological polar surface area (TPSA) is 62.3 Å². The van der Waals surface area contributed by atoms with Crippen molar-refractivity contribution in [2.24, 2.45) is 0 Å². The summed E-state index contributed by atoms with van der Waals surface area (Å²) < 4.78 is 22.4. The zero-order valence-corrected chi connectivity index (χ0v) is 16.8. The standard InChI is InChI=1S/C23H25NO5/c1-16-21(28-14-11-24-9-12-27-13-10-24)8-7-19-22(25)20(15-29-23(16)19)17-3-5-18(26-2)6-4-17/h3-8,15H,9-14H2,1-2H3/p+1. The summed E-state index contributed by atoms with van der Waals surface area (Å²) in [4.78, 5) is 14.5. The largest absolute Gasteiger partial charge is 0.497 e. The molecule has 0 spiro atoms. The minimum atomic E-state index is -0.0520. The van der Waals surface area contributed by atoms with E-state index in [0.29, 0.717) is 23.1 Å². The zero-order chi connectivity index (χ0) is 20.2. The molecule has 152 valence electrons. The second kappa shape index (κ2) is 8.68. The normalized spacial score (nSPS) is 14.8. The van der Waals surface area contributed by atoms with Crippen LogP contribution in [0, 0.1) is 6.92 Å². The Morgan fingerprint density at radius 2 is 1.83 bits per heavy atom. The number of nitrogens with one attached hydrogen (secondary N) is 1. The molecule has 1 aliphatic rings. The second-order valence-corrected chi connectivity index (χ2v) is 7.23. The third-order valence-electron chi connectivity index (χ3n) is 5.45. The third-order valence-corrected chi connectivity index (χ3v) is 5.45. The van der Waals surface area contributed by atoms with Crippen molar-refractivity contribution in [1.82, 2.24) is 0 Å². The molecular weight excluding hydrogens is 370 g/mol. The van der Waals surface area contributed by atoms with E-state index < -0.39 is 0 Å². The van der Waals surface area contributed by atoms with E-state index in [2.05, 4.69) is 0 Å².